The molecule has 0 unspecified atom stereocenters. The molecule has 0 aliphatic carbocycles. The second-order valence-electron chi connectivity index (χ2n) is 3.96. The highest BCUT2D eigenvalue weighted by Gasteiger charge is 2.33. The Bertz CT molecular complexity index is 222. The van der Waals surface area contributed by atoms with Gasteiger partial charge in [-0.25, -0.2) is 4.79 Å². The van der Waals surface area contributed by atoms with Crippen LogP contribution in [0, 0.1) is 5.41 Å². The van der Waals surface area contributed by atoms with Crippen LogP contribution in [0.3, 0.4) is 0 Å². The molecule has 3 amide bonds. The molecule has 1 fully saturated rings. The summed E-state index contributed by atoms with van der Waals surface area (Å²) >= 11 is 0. The molecule has 2 N–H and O–H groups in total. The van der Waals surface area contributed by atoms with E-state index in [1.165, 1.54) is 0 Å². The molecular weight excluding hydrogens is 172 g/mol. The van der Waals surface area contributed by atoms with Gasteiger partial charge in [0.15, 0.2) is 0 Å². The first-order valence-electron chi connectivity index (χ1n) is 4.15. The largest absolute Gasteiger partial charge is 0.396 e. The van der Waals surface area contributed by atoms with Crippen LogP contribution in [0.1, 0.15) is 13.8 Å². The van der Waals surface area contributed by atoms with Gasteiger partial charge in [0.2, 0.25) is 5.91 Å². The predicted molar refractivity (Wildman–Crippen MR) is 46.0 cm³/mol. The lowest BCUT2D eigenvalue weighted by atomic mass is 9.94. The predicted octanol–water partition coefficient (Wildman–Crippen LogP) is -0.443. The Balaban J connectivity index is 2.62. The fourth-order valence-electron chi connectivity index (χ4n) is 1.09. The molecule has 5 heteroatoms. The second-order valence-corrected chi connectivity index (χ2v) is 3.96. The molecule has 1 heterocycles. The number of carbonyl (C=O) groups excluding carboxylic acids is 2. The minimum absolute atomic E-state index is 0.0515. The molecule has 0 bridgehead atoms. The number of imide groups is 1. The van der Waals surface area contributed by atoms with Gasteiger partial charge in [-0.05, 0) is 0 Å². The summed E-state index contributed by atoms with van der Waals surface area (Å²) in [6, 6.07) is -0.369. The van der Waals surface area contributed by atoms with Crippen LogP contribution in [0.5, 0.6) is 0 Å². The molecule has 0 saturated carbocycles. The van der Waals surface area contributed by atoms with Gasteiger partial charge >= 0.3 is 6.03 Å². The topological polar surface area (TPSA) is 69.6 Å². The number of amides is 3. The average molecular weight is 186 g/mol. The third-order valence-electron chi connectivity index (χ3n) is 1.95. The molecule has 0 atom stereocenters. The minimum Gasteiger partial charge on any atom is -0.396 e. The molecule has 1 aliphatic heterocycles. The van der Waals surface area contributed by atoms with Crippen LogP contribution in [0.2, 0.25) is 0 Å². The van der Waals surface area contributed by atoms with Crippen molar-refractivity contribution >= 4 is 11.9 Å². The van der Waals surface area contributed by atoms with E-state index in [4.69, 9.17) is 5.11 Å². The van der Waals surface area contributed by atoms with Crippen LogP contribution in [0.4, 0.5) is 4.79 Å². The number of urea groups is 1. The van der Waals surface area contributed by atoms with Crippen molar-refractivity contribution in [3.63, 3.8) is 0 Å². The summed E-state index contributed by atoms with van der Waals surface area (Å²) in [7, 11) is 0. The van der Waals surface area contributed by atoms with Crippen LogP contribution >= 0.6 is 0 Å². The van der Waals surface area contributed by atoms with Gasteiger partial charge in [0.05, 0.1) is 6.54 Å². The lowest BCUT2D eigenvalue weighted by Crippen LogP contribution is -2.40. The minimum atomic E-state index is -0.433. The number of aliphatic hydroxyl groups excluding tert-OH is 1. The maximum atomic E-state index is 11.1. The maximum Gasteiger partial charge on any atom is 0.324 e. The number of nitrogens with one attached hydrogen (secondary N) is 1. The molecule has 74 valence electrons. The first-order chi connectivity index (χ1) is 5.96. The number of nitrogens with zero attached hydrogens (tertiary/aromatic N) is 1. The quantitative estimate of drug-likeness (QED) is 0.587. The van der Waals surface area contributed by atoms with Crippen molar-refractivity contribution in [2.45, 2.75) is 13.8 Å². The fourth-order valence-corrected chi connectivity index (χ4v) is 1.09. The van der Waals surface area contributed by atoms with Gasteiger partial charge in [0.25, 0.3) is 0 Å². The third-order valence-corrected chi connectivity index (χ3v) is 1.95. The SMILES string of the molecule is CC(C)(CO)CN1C(=O)CNC1=O. The van der Waals surface area contributed by atoms with Gasteiger partial charge < -0.3 is 10.4 Å². The van der Waals surface area contributed by atoms with E-state index in [2.05, 4.69) is 5.32 Å². The van der Waals surface area contributed by atoms with Crippen LogP contribution in [-0.4, -0.2) is 41.6 Å². The van der Waals surface area contributed by atoms with Gasteiger partial charge in [0, 0.05) is 18.6 Å². The summed E-state index contributed by atoms with van der Waals surface area (Å²) in [6.07, 6.45) is 0. The molecule has 1 saturated heterocycles. The summed E-state index contributed by atoms with van der Waals surface area (Å²) in [4.78, 5) is 23.4. The van der Waals surface area contributed by atoms with Crippen molar-refractivity contribution < 1.29 is 14.7 Å². The number of hydrogen-bond acceptors (Lipinski definition) is 3. The zero-order chi connectivity index (χ0) is 10.1. The van der Waals surface area contributed by atoms with Gasteiger partial charge in [-0.3, -0.25) is 9.69 Å². The maximum absolute atomic E-state index is 11.1. The molecule has 1 rings (SSSR count). The Morgan fingerprint density at radius 1 is 1.54 bits per heavy atom. The number of carbonyl (C=O) groups is 2. The van der Waals surface area contributed by atoms with E-state index >= 15 is 0 Å². The molecule has 0 aromatic heterocycles. The third kappa shape index (κ3) is 2.18. The van der Waals surface area contributed by atoms with Crippen LogP contribution in [0.25, 0.3) is 0 Å². The van der Waals surface area contributed by atoms with Crippen molar-refractivity contribution in [2.75, 3.05) is 19.7 Å². The molecule has 5 nitrogen and oxygen atoms in total. The highest BCUT2D eigenvalue weighted by molar-refractivity contribution is 6.01. The molecule has 0 aromatic carbocycles. The van der Waals surface area contributed by atoms with Gasteiger partial charge in [-0.1, -0.05) is 13.8 Å². The van der Waals surface area contributed by atoms with E-state index in [1.807, 2.05) is 0 Å². The summed E-state index contributed by atoms with van der Waals surface area (Å²) in [5, 5.41) is 11.4. The van der Waals surface area contributed by atoms with Crippen molar-refractivity contribution in [3.05, 3.63) is 0 Å². The van der Waals surface area contributed by atoms with E-state index in [-0.39, 0.29) is 31.6 Å². The molecular formula is C8H14N2O3. The average Bonchev–Trinajstić information content (AvgIpc) is 2.36. The van der Waals surface area contributed by atoms with Crippen LogP contribution < -0.4 is 5.32 Å². The molecule has 0 aromatic rings. The molecule has 13 heavy (non-hydrogen) atoms. The Kier molecular flexibility index (Phi) is 2.56. The van der Waals surface area contributed by atoms with E-state index < -0.39 is 5.41 Å². The van der Waals surface area contributed by atoms with Gasteiger partial charge in [-0.2, -0.15) is 0 Å². The summed E-state index contributed by atoms with van der Waals surface area (Å²) in [6.45, 7) is 3.87. The number of hydrogen-bond donors (Lipinski definition) is 2. The summed E-state index contributed by atoms with van der Waals surface area (Å²) in [5.74, 6) is -0.230. The first-order valence-corrected chi connectivity index (χ1v) is 4.15. The molecule has 0 spiro atoms. The monoisotopic (exact) mass is 186 g/mol. The van der Waals surface area contributed by atoms with Crippen molar-refractivity contribution in [3.8, 4) is 0 Å². The normalized spacial score (nSPS) is 17.9. The van der Waals surface area contributed by atoms with E-state index in [1.54, 1.807) is 13.8 Å². The second kappa shape index (κ2) is 3.33. The number of rotatable bonds is 3. The van der Waals surface area contributed by atoms with E-state index in [0.29, 0.717) is 0 Å². The molecule has 0 radical (unpaired) electrons. The lowest BCUT2D eigenvalue weighted by molar-refractivity contribution is -0.126. The Hall–Kier alpha value is -1.10. The zero-order valence-corrected chi connectivity index (χ0v) is 7.83. The summed E-state index contributed by atoms with van der Waals surface area (Å²) in [5.41, 5.74) is -0.433. The standard InChI is InChI=1S/C8H14N2O3/c1-8(2,5-11)4-10-6(12)3-9-7(10)13/h11H,3-5H2,1-2H3,(H,9,13). The Morgan fingerprint density at radius 2 is 2.15 bits per heavy atom. The van der Waals surface area contributed by atoms with E-state index in [0.717, 1.165) is 4.90 Å². The lowest BCUT2D eigenvalue weighted by Gasteiger charge is -2.25. The zero-order valence-electron chi connectivity index (χ0n) is 7.83. The Labute approximate surface area is 76.7 Å². The van der Waals surface area contributed by atoms with Crippen molar-refractivity contribution in [2.24, 2.45) is 5.41 Å². The molecule has 1 aliphatic rings. The van der Waals surface area contributed by atoms with E-state index in [9.17, 15) is 9.59 Å². The van der Waals surface area contributed by atoms with Gasteiger partial charge in [0.1, 0.15) is 0 Å². The highest BCUT2D eigenvalue weighted by atomic mass is 16.3. The first kappa shape index (κ1) is 9.98. The van der Waals surface area contributed by atoms with Crippen LogP contribution in [0.15, 0.2) is 0 Å². The van der Waals surface area contributed by atoms with Gasteiger partial charge in [-0.15, -0.1) is 0 Å². The van der Waals surface area contributed by atoms with Crippen molar-refractivity contribution in [1.29, 1.82) is 0 Å². The number of aliphatic hydroxyl groups is 1. The summed E-state index contributed by atoms with van der Waals surface area (Å²) < 4.78 is 0. The smallest absolute Gasteiger partial charge is 0.324 e. The fraction of sp³-hybridized carbons (Fsp3) is 0.750. The van der Waals surface area contributed by atoms with Crippen molar-refractivity contribution in [1.82, 2.24) is 10.2 Å². The van der Waals surface area contributed by atoms with Crippen LogP contribution in [-0.2, 0) is 4.79 Å². The highest BCUT2D eigenvalue weighted by Crippen LogP contribution is 2.17. The Morgan fingerprint density at radius 3 is 2.54 bits per heavy atom.